The molecule has 0 saturated heterocycles. The van der Waals surface area contributed by atoms with Crippen LogP contribution >= 0.6 is 0 Å². The largest absolute Gasteiger partial charge is 0.484 e. The van der Waals surface area contributed by atoms with E-state index in [-0.39, 0.29) is 6.10 Å². The minimum absolute atomic E-state index is 0.0941. The fourth-order valence-electron chi connectivity index (χ4n) is 2.78. The van der Waals surface area contributed by atoms with Crippen molar-refractivity contribution in [1.29, 1.82) is 0 Å². The summed E-state index contributed by atoms with van der Waals surface area (Å²) in [7, 11) is 0. The van der Waals surface area contributed by atoms with E-state index in [2.05, 4.69) is 74.2 Å². The van der Waals surface area contributed by atoms with Gasteiger partial charge in [-0.15, -0.1) is 0 Å². The lowest BCUT2D eigenvalue weighted by atomic mass is 10.1. The minimum atomic E-state index is 0.0941. The van der Waals surface area contributed by atoms with Gasteiger partial charge in [0.15, 0.2) is 0 Å². The van der Waals surface area contributed by atoms with E-state index in [9.17, 15) is 0 Å². The van der Waals surface area contributed by atoms with E-state index in [4.69, 9.17) is 4.74 Å². The fraction of sp³-hybridized carbons (Fsp3) is 0.368. The highest BCUT2D eigenvalue weighted by Crippen LogP contribution is 2.31. The molecule has 1 unspecified atom stereocenters. The molecule has 0 aromatic heterocycles. The van der Waals surface area contributed by atoms with Crippen molar-refractivity contribution in [2.24, 2.45) is 0 Å². The maximum atomic E-state index is 6.32. The number of rotatable bonds is 2. The SMILES string of the molecule is Cc1ccc(C2CN(C(C)C)Cc3ccccc3O2)cc1. The van der Waals surface area contributed by atoms with E-state index < -0.39 is 0 Å². The van der Waals surface area contributed by atoms with E-state index in [0.717, 1.165) is 18.8 Å². The third-order valence-corrected chi connectivity index (χ3v) is 4.20. The molecule has 0 spiro atoms. The van der Waals surface area contributed by atoms with Crippen LogP contribution in [0.15, 0.2) is 48.5 Å². The second-order valence-electron chi connectivity index (χ2n) is 6.15. The molecule has 110 valence electrons. The highest BCUT2D eigenvalue weighted by Gasteiger charge is 2.25. The zero-order valence-corrected chi connectivity index (χ0v) is 13.0. The molecule has 2 aromatic carbocycles. The Morgan fingerprint density at radius 2 is 1.76 bits per heavy atom. The third-order valence-electron chi connectivity index (χ3n) is 4.20. The second kappa shape index (κ2) is 5.90. The first kappa shape index (κ1) is 14.2. The lowest BCUT2D eigenvalue weighted by molar-refractivity contribution is 0.127. The topological polar surface area (TPSA) is 12.5 Å². The predicted molar refractivity (Wildman–Crippen MR) is 86.5 cm³/mol. The average Bonchev–Trinajstić information content (AvgIpc) is 2.67. The summed E-state index contributed by atoms with van der Waals surface area (Å²) in [5.41, 5.74) is 3.82. The van der Waals surface area contributed by atoms with Crippen LogP contribution in [-0.2, 0) is 6.54 Å². The Morgan fingerprint density at radius 3 is 2.48 bits per heavy atom. The molecule has 3 rings (SSSR count). The van der Waals surface area contributed by atoms with E-state index in [1.165, 1.54) is 16.7 Å². The van der Waals surface area contributed by atoms with Crippen LogP contribution in [-0.4, -0.2) is 17.5 Å². The maximum absolute atomic E-state index is 6.32. The number of benzene rings is 2. The zero-order valence-electron chi connectivity index (χ0n) is 13.0. The summed E-state index contributed by atoms with van der Waals surface area (Å²) >= 11 is 0. The van der Waals surface area contributed by atoms with Gasteiger partial charge < -0.3 is 4.74 Å². The summed E-state index contributed by atoms with van der Waals surface area (Å²) in [5.74, 6) is 1.02. The normalized spacial score (nSPS) is 19.0. The van der Waals surface area contributed by atoms with Gasteiger partial charge in [0.25, 0.3) is 0 Å². The van der Waals surface area contributed by atoms with Crippen LogP contribution < -0.4 is 4.74 Å². The molecule has 21 heavy (non-hydrogen) atoms. The molecule has 1 aliphatic heterocycles. The first-order valence-electron chi connectivity index (χ1n) is 7.68. The monoisotopic (exact) mass is 281 g/mol. The second-order valence-corrected chi connectivity index (χ2v) is 6.15. The molecule has 2 heteroatoms. The number of fused-ring (bicyclic) bond motifs is 1. The van der Waals surface area contributed by atoms with Crippen molar-refractivity contribution in [3.63, 3.8) is 0 Å². The van der Waals surface area contributed by atoms with Gasteiger partial charge in [0, 0.05) is 24.7 Å². The van der Waals surface area contributed by atoms with Crippen molar-refractivity contribution in [2.75, 3.05) is 6.54 Å². The van der Waals surface area contributed by atoms with Crippen LogP contribution in [0.25, 0.3) is 0 Å². The molecule has 0 saturated carbocycles. The Balaban J connectivity index is 1.95. The standard InChI is InChI=1S/C19H23NO/c1-14(2)20-12-17-6-4-5-7-18(17)21-19(13-20)16-10-8-15(3)9-11-16/h4-11,14,19H,12-13H2,1-3H3. The van der Waals surface area contributed by atoms with E-state index in [0.29, 0.717) is 6.04 Å². The van der Waals surface area contributed by atoms with E-state index in [1.54, 1.807) is 0 Å². The van der Waals surface area contributed by atoms with Crippen LogP contribution in [0.3, 0.4) is 0 Å². The molecule has 0 N–H and O–H groups in total. The van der Waals surface area contributed by atoms with Gasteiger partial charge in [-0.25, -0.2) is 0 Å². The Labute approximate surface area is 127 Å². The molecule has 2 aromatic rings. The first-order valence-corrected chi connectivity index (χ1v) is 7.68. The van der Waals surface area contributed by atoms with Gasteiger partial charge in [-0.3, -0.25) is 4.90 Å². The van der Waals surface area contributed by atoms with E-state index >= 15 is 0 Å². The molecule has 0 radical (unpaired) electrons. The van der Waals surface area contributed by atoms with Crippen LogP contribution in [0.5, 0.6) is 5.75 Å². The van der Waals surface area contributed by atoms with Gasteiger partial charge >= 0.3 is 0 Å². The highest BCUT2D eigenvalue weighted by atomic mass is 16.5. The summed E-state index contributed by atoms with van der Waals surface area (Å²) < 4.78 is 6.32. The fourth-order valence-corrected chi connectivity index (χ4v) is 2.78. The van der Waals surface area contributed by atoms with Crippen molar-refractivity contribution in [3.05, 3.63) is 65.2 Å². The Morgan fingerprint density at radius 1 is 1.05 bits per heavy atom. The van der Waals surface area contributed by atoms with Crippen LogP contribution in [0, 0.1) is 6.92 Å². The molecule has 1 atom stereocenters. The molecule has 0 bridgehead atoms. The molecular weight excluding hydrogens is 258 g/mol. The first-order chi connectivity index (χ1) is 10.1. The van der Waals surface area contributed by atoms with Gasteiger partial charge in [-0.05, 0) is 32.4 Å². The van der Waals surface area contributed by atoms with E-state index in [1.807, 2.05) is 0 Å². The number of ether oxygens (including phenoxy) is 1. The molecular formula is C19H23NO. The molecule has 0 fully saturated rings. The minimum Gasteiger partial charge on any atom is -0.484 e. The summed E-state index contributed by atoms with van der Waals surface area (Å²) in [6, 6.07) is 17.6. The van der Waals surface area contributed by atoms with Gasteiger partial charge in [0.05, 0.1) is 0 Å². The summed E-state index contributed by atoms with van der Waals surface area (Å²) in [4.78, 5) is 2.48. The molecule has 1 heterocycles. The van der Waals surface area contributed by atoms with Crippen molar-refractivity contribution in [3.8, 4) is 5.75 Å². The lowest BCUT2D eigenvalue weighted by Gasteiger charge is -2.27. The van der Waals surface area contributed by atoms with Gasteiger partial charge in [0.2, 0.25) is 0 Å². The summed E-state index contributed by atoms with van der Waals surface area (Å²) in [6.45, 7) is 8.50. The zero-order chi connectivity index (χ0) is 14.8. The van der Waals surface area contributed by atoms with Gasteiger partial charge in [-0.1, -0.05) is 48.0 Å². The van der Waals surface area contributed by atoms with Crippen molar-refractivity contribution < 1.29 is 4.74 Å². The number of hydrogen-bond acceptors (Lipinski definition) is 2. The van der Waals surface area contributed by atoms with Gasteiger partial charge in [0.1, 0.15) is 11.9 Å². The third kappa shape index (κ3) is 3.11. The Bertz CT molecular complexity index is 603. The summed E-state index contributed by atoms with van der Waals surface area (Å²) in [5, 5.41) is 0. The molecule has 1 aliphatic rings. The van der Waals surface area contributed by atoms with Crippen LogP contribution in [0.1, 0.15) is 36.6 Å². The number of para-hydroxylation sites is 1. The molecule has 0 amide bonds. The predicted octanol–water partition coefficient (Wildman–Crippen LogP) is 4.34. The van der Waals surface area contributed by atoms with Crippen LogP contribution in [0.4, 0.5) is 0 Å². The quantitative estimate of drug-likeness (QED) is 0.812. The van der Waals surface area contributed by atoms with Crippen LogP contribution in [0.2, 0.25) is 0 Å². The van der Waals surface area contributed by atoms with Crippen molar-refractivity contribution >= 4 is 0 Å². The number of aryl methyl sites for hydroxylation is 1. The smallest absolute Gasteiger partial charge is 0.136 e. The number of nitrogens with zero attached hydrogens (tertiary/aromatic N) is 1. The maximum Gasteiger partial charge on any atom is 0.136 e. The molecule has 0 aliphatic carbocycles. The molecule has 2 nitrogen and oxygen atoms in total. The van der Waals surface area contributed by atoms with Crippen molar-refractivity contribution in [2.45, 2.75) is 39.5 Å². The highest BCUT2D eigenvalue weighted by molar-refractivity contribution is 5.35. The average molecular weight is 281 g/mol. The number of hydrogen-bond donors (Lipinski definition) is 0. The Hall–Kier alpha value is -1.80. The summed E-state index contributed by atoms with van der Waals surface area (Å²) in [6.07, 6.45) is 0.0941. The lowest BCUT2D eigenvalue weighted by Crippen LogP contribution is -2.33. The van der Waals surface area contributed by atoms with Crippen molar-refractivity contribution in [1.82, 2.24) is 4.90 Å². The van der Waals surface area contributed by atoms with Gasteiger partial charge in [-0.2, -0.15) is 0 Å². The Kier molecular flexibility index (Phi) is 3.98.